The number of anilines is 2. The molecule has 3 rings (SSSR count). The highest BCUT2D eigenvalue weighted by atomic mass is 16.2. The monoisotopic (exact) mass is 356 g/mol. The summed E-state index contributed by atoms with van der Waals surface area (Å²) in [7, 11) is 0. The third kappa shape index (κ3) is 5.32. The summed E-state index contributed by atoms with van der Waals surface area (Å²) in [6.45, 7) is 2.61. The van der Waals surface area contributed by atoms with Crippen molar-refractivity contribution >= 4 is 23.5 Å². The van der Waals surface area contributed by atoms with Crippen LogP contribution in [0.1, 0.15) is 18.1 Å². The Morgan fingerprint density at radius 2 is 1.52 bits per heavy atom. The Morgan fingerprint density at radius 3 is 2.15 bits per heavy atom. The minimum Gasteiger partial charge on any atom is -0.308 e. The number of urea groups is 1. The fraction of sp³-hybridized carbons (Fsp3) is 0.125. The molecule has 136 valence electrons. The number of amides is 2. The van der Waals surface area contributed by atoms with Gasteiger partial charge in [-0.3, -0.25) is 4.90 Å². The zero-order valence-electron chi connectivity index (χ0n) is 15.5. The fourth-order valence-corrected chi connectivity index (χ4v) is 2.79. The first-order valence-corrected chi connectivity index (χ1v) is 9.20. The van der Waals surface area contributed by atoms with Crippen molar-refractivity contribution in [2.75, 3.05) is 16.8 Å². The second-order valence-electron chi connectivity index (χ2n) is 6.24. The van der Waals surface area contributed by atoms with Gasteiger partial charge in [-0.25, -0.2) is 4.79 Å². The number of nitrogens with zero attached hydrogens (tertiary/aromatic N) is 1. The molecule has 3 aromatic carbocycles. The van der Waals surface area contributed by atoms with Crippen LogP contribution in [0.15, 0.2) is 91.0 Å². The van der Waals surface area contributed by atoms with Gasteiger partial charge in [0.15, 0.2) is 0 Å². The van der Waals surface area contributed by atoms with E-state index in [1.165, 1.54) is 5.56 Å². The SMILES string of the molecule is CCc1ccc(N(CC=Cc2ccccc2)C(=O)Nc2ccccc2)cc1. The molecule has 0 heterocycles. The lowest BCUT2D eigenvalue weighted by molar-refractivity contribution is 0.257. The molecule has 2 amide bonds. The normalized spacial score (nSPS) is 10.7. The van der Waals surface area contributed by atoms with Gasteiger partial charge in [-0.1, -0.05) is 79.7 Å². The summed E-state index contributed by atoms with van der Waals surface area (Å²) >= 11 is 0. The van der Waals surface area contributed by atoms with Gasteiger partial charge in [0.25, 0.3) is 0 Å². The first-order valence-electron chi connectivity index (χ1n) is 9.20. The van der Waals surface area contributed by atoms with Gasteiger partial charge in [-0.15, -0.1) is 0 Å². The molecule has 0 saturated heterocycles. The summed E-state index contributed by atoms with van der Waals surface area (Å²) in [4.78, 5) is 14.6. The smallest absolute Gasteiger partial charge is 0.308 e. The van der Waals surface area contributed by atoms with Crippen LogP contribution in [0.5, 0.6) is 0 Å². The van der Waals surface area contributed by atoms with Crippen LogP contribution in [-0.4, -0.2) is 12.6 Å². The second-order valence-corrected chi connectivity index (χ2v) is 6.24. The predicted octanol–water partition coefficient (Wildman–Crippen LogP) is 6.00. The number of carbonyl (C=O) groups is 1. The number of nitrogens with one attached hydrogen (secondary N) is 1. The average molecular weight is 356 g/mol. The maximum Gasteiger partial charge on any atom is 0.326 e. The highest BCUT2D eigenvalue weighted by Crippen LogP contribution is 2.18. The number of rotatable bonds is 6. The zero-order chi connectivity index (χ0) is 18.9. The molecule has 0 aromatic heterocycles. The average Bonchev–Trinajstić information content (AvgIpc) is 2.73. The first kappa shape index (κ1) is 18.5. The highest BCUT2D eigenvalue weighted by molar-refractivity contribution is 6.02. The summed E-state index contributed by atoms with van der Waals surface area (Å²) in [6, 6.07) is 27.6. The van der Waals surface area contributed by atoms with Crippen molar-refractivity contribution in [3.8, 4) is 0 Å². The molecule has 0 radical (unpaired) electrons. The van der Waals surface area contributed by atoms with Gasteiger partial charge in [-0.05, 0) is 41.8 Å². The summed E-state index contributed by atoms with van der Waals surface area (Å²) in [5.74, 6) is 0. The van der Waals surface area contributed by atoms with Gasteiger partial charge in [0.05, 0.1) is 0 Å². The van der Waals surface area contributed by atoms with Crippen LogP contribution in [0, 0.1) is 0 Å². The molecule has 1 N–H and O–H groups in total. The van der Waals surface area contributed by atoms with E-state index in [1.54, 1.807) is 4.90 Å². The van der Waals surface area contributed by atoms with Crippen LogP contribution in [-0.2, 0) is 6.42 Å². The number of para-hydroxylation sites is 1. The second kappa shape index (κ2) is 9.39. The minimum atomic E-state index is -0.150. The molecule has 0 fully saturated rings. The van der Waals surface area contributed by atoms with E-state index in [2.05, 4.69) is 24.4 Å². The molecule has 0 unspecified atom stereocenters. The van der Waals surface area contributed by atoms with E-state index in [9.17, 15) is 4.79 Å². The molecule has 0 atom stereocenters. The molecule has 0 aliphatic carbocycles. The Bertz CT molecular complexity index is 871. The molecular formula is C24H24N2O. The molecule has 3 nitrogen and oxygen atoms in total. The maximum atomic E-state index is 12.9. The number of hydrogen-bond acceptors (Lipinski definition) is 1. The molecule has 0 spiro atoms. The Morgan fingerprint density at radius 1 is 0.889 bits per heavy atom. The topological polar surface area (TPSA) is 32.3 Å². The standard InChI is InChI=1S/C24H24N2O/c1-2-20-15-17-23(18-16-20)26(19-9-12-21-10-5-3-6-11-21)24(27)25-22-13-7-4-8-14-22/h3-18H,2,19H2,1H3,(H,25,27). The van der Waals surface area contributed by atoms with E-state index < -0.39 is 0 Å². The van der Waals surface area contributed by atoms with Crippen LogP contribution in [0.3, 0.4) is 0 Å². The number of benzene rings is 3. The third-order valence-corrected chi connectivity index (χ3v) is 4.32. The number of aryl methyl sites for hydroxylation is 1. The molecule has 27 heavy (non-hydrogen) atoms. The van der Waals surface area contributed by atoms with Crippen LogP contribution < -0.4 is 10.2 Å². The van der Waals surface area contributed by atoms with Gasteiger partial charge in [0, 0.05) is 17.9 Å². The van der Waals surface area contributed by atoms with Crippen molar-refractivity contribution in [2.24, 2.45) is 0 Å². The lowest BCUT2D eigenvalue weighted by Gasteiger charge is -2.22. The van der Waals surface area contributed by atoms with E-state index >= 15 is 0 Å². The molecule has 0 bridgehead atoms. The van der Waals surface area contributed by atoms with Crippen molar-refractivity contribution < 1.29 is 4.79 Å². The van der Waals surface area contributed by atoms with Crippen LogP contribution in [0.2, 0.25) is 0 Å². The quantitative estimate of drug-likeness (QED) is 0.577. The van der Waals surface area contributed by atoms with Crippen LogP contribution >= 0.6 is 0 Å². The molecular weight excluding hydrogens is 332 g/mol. The minimum absolute atomic E-state index is 0.150. The van der Waals surface area contributed by atoms with E-state index in [0.29, 0.717) is 6.54 Å². The largest absolute Gasteiger partial charge is 0.326 e. The van der Waals surface area contributed by atoms with E-state index in [-0.39, 0.29) is 6.03 Å². The zero-order valence-corrected chi connectivity index (χ0v) is 15.5. The summed E-state index contributed by atoms with van der Waals surface area (Å²) < 4.78 is 0. The van der Waals surface area contributed by atoms with Gasteiger partial charge in [0.1, 0.15) is 0 Å². The molecule has 0 aliphatic rings. The van der Waals surface area contributed by atoms with Gasteiger partial charge in [-0.2, -0.15) is 0 Å². The third-order valence-electron chi connectivity index (χ3n) is 4.32. The van der Waals surface area contributed by atoms with Crippen molar-refractivity contribution in [3.63, 3.8) is 0 Å². The Labute approximate surface area is 161 Å². The summed E-state index contributed by atoms with van der Waals surface area (Å²) in [5, 5.41) is 2.97. The van der Waals surface area contributed by atoms with Crippen LogP contribution in [0.4, 0.5) is 16.2 Å². The van der Waals surface area contributed by atoms with Crippen molar-refractivity contribution in [3.05, 3.63) is 102 Å². The lowest BCUT2D eigenvalue weighted by atomic mass is 10.1. The fourth-order valence-electron chi connectivity index (χ4n) is 2.79. The van der Waals surface area contributed by atoms with Gasteiger partial charge in [0.2, 0.25) is 0 Å². The van der Waals surface area contributed by atoms with Crippen molar-refractivity contribution in [2.45, 2.75) is 13.3 Å². The van der Waals surface area contributed by atoms with E-state index in [4.69, 9.17) is 0 Å². The van der Waals surface area contributed by atoms with Gasteiger partial charge >= 0.3 is 6.03 Å². The highest BCUT2D eigenvalue weighted by Gasteiger charge is 2.14. The Kier molecular flexibility index (Phi) is 6.42. The number of hydrogen-bond donors (Lipinski definition) is 1. The predicted molar refractivity (Wildman–Crippen MR) is 114 cm³/mol. The Hall–Kier alpha value is -3.33. The molecule has 3 heteroatoms. The van der Waals surface area contributed by atoms with E-state index in [0.717, 1.165) is 23.4 Å². The summed E-state index contributed by atoms with van der Waals surface area (Å²) in [5.41, 5.74) is 4.02. The molecule has 0 saturated carbocycles. The maximum absolute atomic E-state index is 12.9. The number of carbonyl (C=O) groups excluding carboxylic acids is 1. The van der Waals surface area contributed by atoms with E-state index in [1.807, 2.05) is 84.9 Å². The molecule has 3 aromatic rings. The molecule has 0 aliphatic heterocycles. The van der Waals surface area contributed by atoms with Crippen molar-refractivity contribution in [1.82, 2.24) is 0 Å². The van der Waals surface area contributed by atoms with Crippen LogP contribution in [0.25, 0.3) is 6.08 Å². The summed E-state index contributed by atoms with van der Waals surface area (Å²) in [6.07, 6.45) is 5.02. The van der Waals surface area contributed by atoms with Crippen molar-refractivity contribution in [1.29, 1.82) is 0 Å². The lowest BCUT2D eigenvalue weighted by Crippen LogP contribution is -2.35. The van der Waals surface area contributed by atoms with Gasteiger partial charge < -0.3 is 5.32 Å². The first-order chi connectivity index (χ1) is 13.3. The Balaban J connectivity index is 1.78.